The fourth-order valence-electron chi connectivity index (χ4n) is 2.95. The van der Waals surface area contributed by atoms with Crippen LogP contribution in [0.25, 0.3) is 11.0 Å². The molecule has 0 aliphatic rings. The lowest BCUT2D eigenvalue weighted by Crippen LogP contribution is -2.20. The Kier molecular flexibility index (Phi) is 5.91. The molecule has 1 amide bonds. The monoisotopic (exact) mass is 450 g/mol. The smallest absolute Gasteiger partial charge is 0.336 e. The number of anilines is 2. The van der Waals surface area contributed by atoms with Crippen molar-refractivity contribution in [3.63, 3.8) is 0 Å². The zero-order valence-electron chi connectivity index (χ0n) is 16.6. The number of hydrogen-bond acceptors (Lipinski definition) is 6. The van der Waals surface area contributed by atoms with Gasteiger partial charge in [-0.05, 0) is 48.5 Å². The Morgan fingerprint density at radius 1 is 0.875 bits per heavy atom. The Labute approximate surface area is 183 Å². The molecule has 0 atom stereocenters. The molecule has 0 spiro atoms. The van der Waals surface area contributed by atoms with E-state index in [2.05, 4.69) is 10.0 Å². The first-order valence-corrected chi connectivity index (χ1v) is 11.0. The van der Waals surface area contributed by atoms with Gasteiger partial charge in [0.2, 0.25) is 0 Å². The standard InChI is InChI=1S/C23H18N2O6S/c26-22(15-30-19-11-9-16-10-12-23(27)31-21(16)14-19)24-17-5-4-6-18(13-17)25-32(28,29)20-7-2-1-3-8-20/h1-14,25H,15H2,(H,24,26). The molecule has 4 aromatic rings. The number of nitrogens with one attached hydrogen (secondary N) is 2. The lowest BCUT2D eigenvalue weighted by atomic mass is 10.2. The SMILES string of the molecule is O=C(COc1ccc2ccc(=O)oc2c1)Nc1cccc(NS(=O)(=O)c2ccccc2)c1. The van der Waals surface area contributed by atoms with Crippen LogP contribution in [0.1, 0.15) is 0 Å². The third-order valence-electron chi connectivity index (χ3n) is 4.42. The highest BCUT2D eigenvalue weighted by Gasteiger charge is 2.14. The van der Waals surface area contributed by atoms with Crippen molar-refractivity contribution in [3.05, 3.63) is 95.3 Å². The lowest BCUT2D eigenvalue weighted by Gasteiger charge is -2.11. The summed E-state index contributed by atoms with van der Waals surface area (Å²) >= 11 is 0. The highest BCUT2D eigenvalue weighted by atomic mass is 32.2. The summed E-state index contributed by atoms with van der Waals surface area (Å²) in [4.78, 5) is 23.8. The van der Waals surface area contributed by atoms with Crippen LogP contribution in [0.2, 0.25) is 0 Å². The number of fused-ring (bicyclic) bond motifs is 1. The first-order chi connectivity index (χ1) is 15.4. The van der Waals surface area contributed by atoms with Gasteiger partial charge in [0, 0.05) is 23.2 Å². The van der Waals surface area contributed by atoms with Gasteiger partial charge in [-0.3, -0.25) is 9.52 Å². The van der Waals surface area contributed by atoms with Crippen molar-refractivity contribution in [2.75, 3.05) is 16.6 Å². The van der Waals surface area contributed by atoms with Crippen LogP contribution in [0.3, 0.4) is 0 Å². The van der Waals surface area contributed by atoms with Crippen LogP contribution in [0, 0.1) is 0 Å². The first kappa shape index (κ1) is 21.1. The van der Waals surface area contributed by atoms with E-state index in [1.807, 2.05) is 0 Å². The molecule has 0 aliphatic heterocycles. The number of carbonyl (C=O) groups excluding carboxylic acids is 1. The maximum atomic E-state index is 12.5. The molecule has 1 heterocycles. The third kappa shape index (κ3) is 5.13. The van der Waals surface area contributed by atoms with Crippen LogP contribution >= 0.6 is 0 Å². The fourth-order valence-corrected chi connectivity index (χ4v) is 4.02. The van der Waals surface area contributed by atoms with Crippen molar-refractivity contribution in [2.45, 2.75) is 4.90 Å². The number of benzene rings is 3. The van der Waals surface area contributed by atoms with Gasteiger partial charge in [-0.2, -0.15) is 0 Å². The normalized spacial score (nSPS) is 11.1. The topological polar surface area (TPSA) is 115 Å². The van der Waals surface area contributed by atoms with E-state index in [0.29, 0.717) is 22.7 Å². The summed E-state index contributed by atoms with van der Waals surface area (Å²) in [6.45, 7) is -0.289. The third-order valence-corrected chi connectivity index (χ3v) is 5.81. The second-order valence-corrected chi connectivity index (χ2v) is 8.47. The molecule has 162 valence electrons. The molecule has 0 radical (unpaired) electrons. The van der Waals surface area contributed by atoms with Gasteiger partial charge >= 0.3 is 5.63 Å². The van der Waals surface area contributed by atoms with E-state index in [1.165, 1.54) is 30.3 Å². The van der Waals surface area contributed by atoms with Gasteiger partial charge in [0.05, 0.1) is 10.6 Å². The van der Waals surface area contributed by atoms with Crippen molar-refractivity contribution in [3.8, 4) is 5.75 Å². The second-order valence-electron chi connectivity index (χ2n) is 6.79. The Hall–Kier alpha value is -4.11. The highest BCUT2D eigenvalue weighted by Crippen LogP contribution is 2.21. The summed E-state index contributed by atoms with van der Waals surface area (Å²) in [6, 6.07) is 22.2. The number of rotatable bonds is 7. The Morgan fingerprint density at radius 2 is 1.62 bits per heavy atom. The summed E-state index contributed by atoms with van der Waals surface area (Å²) in [5.41, 5.74) is 0.581. The van der Waals surface area contributed by atoms with E-state index in [4.69, 9.17) is 9.15 Å². The molecule has 0 unspecified atom stereocenters. The van der Waals surface area contributed by atoms with Crippen LogP contribution in [0.5, 0.6) is 5.75 Å². The summed E-state index contributed by atoms with van der Waals surface area (Å²) in [7, 11) is -3.74. The van der Waals surface area contributed by atoms with E-state index in [1.54, 1.807) is 54.6 Å². The molecule has 0 saturated carbocycles. The molecule has 0 aliphatic carbocycles. The number of amides is 1. The van der Waals surface area contributed by atoms with Gasteiger partial charge in [0.15, 0.2) is 6.61 Å². The van der Waals surface area contributed by atoms with E-state index in [0.717, 1.165) is 5.39 Å². The summed E-state index contributed by atoms with van der Waals surface area (Å²) in [5, 5.41) is 3.38. The number of hydrogen-bond donors (Lipinski definition) is 2. The maximum Gasteiger partial charge on any atom is 0.336 e. The van der Waals surface area contributed by atoms with Gasteiger partial charge in [-0.25, -0.2) is 13.2 Å². The molecule has 0 bridgehead atoms. The van der Waals surface area contributed by atoms with Crippen LogP contribution < -0.4 is 20.4 Å². The quantitative estimate of drug-likeness (QED) is 0.416. The highest BCUT2D eigenvalue weighted by molar-refractivity contribution is 7.92. The van der Waals surface area contributed by atoms with Crippen molar-refractivity contribution in [2.24, 2.45) is 0 Å². The largest absolute Gasteiger partial charge is 0.484 e. The van der Waals surface area contributed by atoms with E-state index < -0.39 is 21.6 Å². The molecule has 1 aromatic heterocycles. The van der Waals surface area contributed by atoms with Crippen molar-refractivity contribution < 1.29 is 22.4 Å². The van der Waals surface area contributed by atoms with Gasteiger partial charge in [0.1, 0.15) is 11.3 Å². The molecular formula is C23H18N2O6S. The van der Waals surface area contributed by atoms with Gasteiger partial charge in [-0.1, -0.05) is 24.3 Å². The van der Waals surface area contributed by atoms with Gasteiger partial charge in [0.25, 0.3) is 15.9 Å². The van der Waals surface area contributed by atoms with E-state index >= 15 is 0 Å². The summed E-state index contributed by atoms with van der Waals surface area (Å²) in [6.07, 6.45) is 0. The molecule has 2 N–H and O–H groups in total. The molecule has 8 nitrogen and oxygen atoms in total. The average molecular weight is 450 g/mol. The number of ether oxygens (including phenoxy) is 1. The minimum atomic E-state index is -3.74. The number of sulfonamides is 1. The molecule has 0 saturated heterocycles. The average Bonchev–Trinajstić information content (AvgIpc) is 2.78. The minimum Gasteiger partial charge on any atom is -0.484 e. The van der Waals surface area contributed by atoms with Crippen LogP contribution in [-0.2, 0) is 14.8 Å². The molecule has 0 fully saturated rings. The van der Waals surface area contributed by atoms with E-state index in [-0.39, 0.29) is 11.5 Å². The minimum absolute atomic E-state index is 0.133. The van der Waals surface area contributed by atoms with Gasteiger partial charge in [-0.15, -0.1) is 0 Å². The summed E-state index contributed by atoms with van der Waals surface area (Å²) < 4.78 is 38.0. The lowest BCUT2D eigenvalue weighted by molar-refractivity contribution is -0.118. The van der Waals surface area contributed by atoms with Crippen LogP contribution in [0.4, 0.5) is 11.4 Å². The predicted molar refractivity (Wildman–Crippen MR) is 120 cm³/mol. The number of carbonyl (C=O) groups is 1. The summed E-state index contributed by atoms with van der Waals surface area (Å²) in [5.74, 6) is -0.0750. The maximum absolute atomic E-state index is 12.5. The Morgan fingerprint density at radius 3 is 2.44 bits per heavy atom. The molecule has 3 aromatic carbocycles. The van der Waals surface area contributed by atoms with Crippen molar-refractivity contribution in [1.82, 2.24) is 0 Å². The van der Waals surface area contributed by atoms with Crippen LogP contribution in [-0.4, -0.2) is 20.9 Å². The Balaban J connectivity index is 1.39. The Bertz CT molecular complexity index is 1430. The zero-order valence-corrected chi connectivity index (χ0v) is 17.5. The molecule has 9 heteroatoms. The van der Waals surface area contributed by atoms with E-state index in [9.17, 15) is 18.0 Å². The molecule has 32 heavy (non-hydrogen) atoms. The predicted octanol–water partition coefficient (Wildman–Crippen LogP) is 3.61. The van der Waals surface area contributed by atoms with Crippen molar-refractivity contribution >= 4 is 38.3 Å². The first-order valence-electron chi connectivity index (χ1n) is 9.54. The second kappa shape index (κ2) is 8.94. The zero-order chi connectivity index (χ0) is 22.6. The van der Waals surface area contributed by atoms with Crippen molar-refractivity contribution in [1.29, 1.82) is 0 Å². The fraction of sp³-hybridized carbons (Fsp3) is 0.0435. The van der Waals surface area contributed by atoms with Crippen LogP contribution in [0.15, 0.2) is 99.0 Å². The molecule has 4 rings (SSSR count). The van der Waals surface area contributed by atoms with Gasteiger partial charge < -0.3 is 14.5 Å². The molecular weight excluding hydrogens is 432 g/mol.